The SMILES string of the molecule is CC(C)NCc1ncc(-c2ccc(F)cc2Cl)o1. The number of halogens is 2. The Morgan fingerprint density at radius 3 is 2.89 bits per heavy atom. The van der Waals surface area contributed by atoms with Crippen LogP contribution < -0.4 is 5.32 Å². The van der Waals surface area contributed by atoms with Gasteiger partial charge in [0.2, 0.25) is 5.89 Å². The molecule has 0 fully saturated rings. The van der Waals surface area contributed by atoms with Crippen molar-refractivity contribution in [2.24, 2.45) is 0 Å². The minimum absolute atomic E-state index is 0.314. The van der Waals surface area contributed by atoms with Gasteiger partial charge in [0.05, 0.1) is 17.8 Å². The molecule has 96 valence electrons. The average Bonchev–Trinajstić information content (AvgIpc) is 2.75. The first-order chi connectivity index (χ1) is 8.56. The molecule has 1 N–H and O–H groups in total. The van der Waals surface area contributed by atoms with Crippen LogP contribution in [-0.4, -0.2) is 11.0 Å². The van der Waals surface area contributed by atoms with Crippen molar-refractivity contribution >= 4 is 11.6 Å². The largest absolute Gasteiger partial charge is 0.439 e. The number of hydrogen-bond acceptors (Lipinski definition) is 3. The van der Waals surface area contributed by atoms with Crippen LogP contribution >= 0.6 is 11.6 Å². The lowest BCUT2D eigenvalue weighted by Crippen LogP contribution is -2.21. The highest BCUT2D eigenvalue weighted by Crippen LogP contribution is 2.28. The molecule has 0 saturated heterocycles. The summed E-state index contributed by atoms with van der Waals surface area (Å²) in [6.45, 7) is 4.64. The van der Waals surface area contributed by atoms with Crippen molar-refractivity contribution < 1.29 is 8.81 Å². The van der Waals surface area contributed by atoms with E-state index in [4.69, 9.17) is 16.0 Å². The van der Waals surface area contributed by atoms with Gasteiger partial charge in [-0.1, -0.05) is 25.4 Å². The van der Waals surface area contributed by atoms with Crippen LogP contribution in [0.3, 0.4) is 0 Å². The topological polar surface area (TPSA) is 38.1 Å². The second-order valence-corrected chi connectivity index (χ2v) is 4.69. The van der Waals surface area contributed by atoms with Crippen molar-refractivity contribution in [1.82, 2.24) is 10.3 Å². The van der Waals surface area contributed by atoms with E-state index in [-0.39, 0.29) is 5.82 Å². The lowest BCUT2D eigenvalue weighted by atomic mass is 10.2. The van der Waals surface area contributed by atoms with Gasteiger partial charge in [-0.25, -0.2) is 9.37 Å². The second-order valence-electron chi connectivity index (χ2n) is 4.28. The summed E-state index contributed by atoms with van der Waals surface area (Å²) >= 11 is 5.96. The predicted molar refractivity (Wildman–Crippen MR) is 68.9 cm³/mol. The number of oxazole rings is 1. The number of aromatic nitrogens is 1. The third-order valence-corrected chi connectivity index (χ3v) is 2.72. The predicted octanol–water partition coefficient (Wildman–Crippen LogP) is 3.63. The van der Waals surface area contributed by atoms with Crippen molar-refractivity contribution in [1.29, 1.82) is 0 Å². The summed E-state index contributed by atoms with van der Waals surface area (Å²) in [6, 6.07) is 4.54. The van der Waals surface area contributed by atoms with Crippen molar-refractivity contribution in [3.05, 3.63) is 41.1 Å². The molecule has 1 aromatic carbocycles. The van der Waals surface area contributed by atoms with E-state index >= 15 is 0 Å². The molecule has 0 bridgehead atoms. The first kappa shape index (κ1) is 13.1. The van der Waals surface area contributed by atoms with E-state index in [1.165, 1.54) is 12.1 Å². The molecule has 0 aliphatic carbocycles. The van der Waals surface area contributed by atoms with Gasteiger partial charge in [0.25, 0.3) is 0 Å². The molecule has 18 heavy (non-hydrogen) atoms. The third kappa shape index (κ3) is 3.09. The first-order valence-electron chi connectivity index (χ1n) is 5.70. The van der Waals surface area contributed by atoms with Gasteiger partial charge < -0.3 is 9.73 Å². The highest BCUT2D eigenvalue weighted by atomic mass is 35.5. The van der Waals surface area contributed by atoms with Gasteiger partial charge in [-0.2, -0.15) is 0 Å². The molecule has 3 nitrogen and oxygen atoms in total. The molecule has 0 spiro atoms. The Morgan fingerprint density at radius 1 is 1.44 bits per heavy atom. The Labute approximate surface area is 110 Å². The van der Waals surface area contributed by atoms with Crippen LogP contribution in [0.15, 0.2) is 28.8 Å². The van der Waals surface area contributed by atoms with E-state index in [2.05, 4.69) is 10.3 Å². The summed E-state index contributed by atoms with van der Waals surface area (Å²) in [4.78, 5) is 4.15. The maximum Gasteiger partial charge on any atom is 0.208 e. The molecule has 0 amide bonds. The first-order valence-corrected chi connectivity index (χ1v) is 6.07. The lowest BCUT2D eigenvalue weighted by Gasteiger charge is -2.04. The van der Waals surface area contributed by atoms with E-state index in [0.29, 0.717) is 34.8 Å². The summed E-state index contributed by atoms with van der Waals surface area (Å²) in [5, 5.41) is 3.52. The molecule has 0 unspecified atom stereocenters. The molecule has 1 heterocycles. The lowest BCUT2D eigenvalue weighted by molar-refractivity contribution is 0.459. The van der Waals surface area contributed by atoms with Crippen LogP contribution in [0.2, 0.25) is 5.02 Å². The summed E-state index contributed by atoms with van der Waals surface area (Å²) in [7, 11) is 0. The van der Waals surface area contributed by atoms with Gasteiger partial charge in [-0.3, -0.25) is 0 Å². The van der Waals surface area contributed by atoms with Crippen LogP contribution in [0.5, 0.6) is 0 Å². The fourth-order valence-electron chi connectivity index (χ4n) is 1.50. The molecule has 0 aliphatic rings. The molecular weight excluding hydrogens is 255 g/mol. The van der Waals surface area contributed by atoms with Crippen molar-refractivity contribution in [3.63, 3.8) is 0 Å². The van der Waals surface area contributed by atoms with E-state index in [1.54, 1.807) is 12.3 Å². The summed E-state index contributed by atoms with van der Waals surface area (Å²) in [6.07, 6.45) is 1.59. The highest BCUT2D eigenvalue weighted by molar-refractivity contribution is 6.33. The standard InChI is InChI=1S/C13H14ClFN2O/c1-8(2)16-7-13-17-6-12(18-13)10-4-3-9(15)5-11(10)14/h3-6,8,16H,7H2,1-2H3. The fraction of sp³-hybridized carbons (Fsp3) is 0.308. The zero-order chi connectivity index (χ0) is 13.1. The number of nitrogens with one attached hydrogen (secondary N) is 1. The molecule has 0 atom stereocenters. The van der Waals surface area contributed by atoms with Crippen LogP contribution in [-0.2, 0) is 6.54 Å². The molecule has 1 aromatic heterocycles. The number of hydrogen-bond donors (Lipinski definition) is 1. The molecule has 5 heteroatoms. The van der Waals surface area contributed by atoms with Gasteiger partial charge in [-0.15, -0.1) is 0 Å². The zero-order valence-corrected chi connectivity index (χ0v) is 11.0. The Hall–Kier alpha value is -1.39. The van der Waals surface area contributed by atoms with Gasteiger partial charge >= 0.3 is 0 Å². The van der Waals surface area contributed by atoms with E-state index in [9.17, 15) is 4.39 Å². The number of rotatable bonds is 4. The molecule has 0 radical (unpaired) electrons. The number of nitrogens with zero attached hydrogens (tertiary/aromatic N) is 1. The van der Waals surface area contributed by atoms with Gasteiger partial charge in [0, 0.05) is 11.6 Å². The maximum absolute atomic E-state index is 12.9. The number of benzene rings is 1. The molecule has 2 aromatic rings. The Kier molecular flexibility index (Phi) is 3.99. The molecule has 2 rings (SSSR count). The minimum atomic E-state index is -0.370. The summed E-state index contributed by atoms with van der Waals surface area (Å²) < 4.78 is 18.5. The molecule has 0 saturated carbocycles. The second kappa shape index (κ2) is 5.50. The molecular formula is C13H14ClFN2O. The Balaban J connectivity index is 2.18. The smallest absolute Gasteiger partial charge is 0.208 e. The fourth-order valence-corrected chi connectivity index (χ4v) is 1.76. The third-order valence-electron chi connectivity index (χ3n) is 2.41. The van der Waals surface area contributed by atoms with Gasteiger partial charge in [0.1, 0.15) is 5.82 Å². The van der Waals surface area contributed by atoms with Gasteiger partial charge in [-0.05, 0) is 18.2 Å². The quantitative estimate of drug-likeness (QED) is 0.920. The van der Waals surface area contributed by atoms with Crippen molar-refractivity contribution in [2.75, 3.05) is 0 Å². The maximum atomic E-state index is 12.9. The normalized spacial score (nSPS) is 11.2. The van der Waals surface area contributed by atoms with E-state index < -0.39 is 0 Å². The van der Waals surface area contributed by atoms with Crippen molar-refractivity contribution in [2.45, 2.75) is 26.4 Å². The van der Waals surface area contributed by atoms with Gasteiger partial charge in [0.15, 0.2) is 5.76 Å². The highest BCUT2D eigenvalue weighted by Gasteiger charge is 2.10. The van der Waals surface area contributed by atoms with Crippen LogP contribution in [0.25, 0.3) is 11.3 Å². The summed E-state index contributed by atoms with van der Waals surface area (Å²) in [5.74, 6) is 0.754. The van der Waals surface area contributed by atoms with Crippen LogP contribution in [0.1, 0.15) is 19.7 Å². The van der Waals surface area contributed by atoms with E-state index in [0.717, 1.165) is 0 Å². The summed E-state index contributed by atoms with van der Waals surface area (Å²) in [5.41, 5.74) is 0.640. The molecule has 0 aliphatic heterocycles. The van der Waals surface area contributed by atoms with Crippen LogP contribution in [0.4, 0.5) is 4.39 Å². The average molecular weight is 269 g/mol. The zero-order valence-electron chi connectivity index (χ0n) is 10.2. The van der Waals surface area contributed by atoms with Crippen LogP contribution in [0, 0.1) is 5.82 Å². The monoisotopic (exact) mass is 268 g/mol. The van der Waals surface area contributed by atoms with E-state index in [1.807, 2.05) is 13.8 Å². The Morgan fingerprint density at radius 2 is 2.22 bits per heavy atom. The minimum Gasteiger partial charge on any atom is -0.439 e. The van der Waals surface area contributed by atoms with Crippen molar-refractivity contribution in [3.8, 4) is 11.3 Å². The Bertz CT molecular complexity index is 540.